The van der Waals surface area contributed by atoms with Gasteiger partial charge in [0.2, 0.25) is 5.91 Å². The third-order valence-corrected chi connectivity index (χ3v) is 8.23. The maximum atomic E-state index is 13.3. The molecule has 3 aromatic carbocycles. The number of carboxylic acids is 2. The van der Waals surface area contributed by atoms with Crippen molar-refractivity contribution in [1.82, 2.24) is 5.32 Å². The lowest BCUT2D eigenvalue weighted by molar-refractivity contribution is -0.188. The Morgan fingerprint density at radius 2 is 1.48 bits per heavy atom. The highest BCUT2D eigenvalue weighted by Crippen LogP contribution is 2.47. The van der Waals surface area contributed by atoms with Crippen molar-refractivity contribution in [2.75, 3.05) is 7.11 Å². The number of esters is 2. The van der Waals surface area contributed by atoms with E-state index >= 15 is 0 Å². The van der Waals surface area contributed by atoms with E-state index < -0.39 is 65.6 Å². The molecule has 10 nitrogen and oxygen atoms in total. The van der Waals surface area contributed by atoms with E-state index in [4.69, 9.17) is 27.9 Å². The Kier molecular flexibility index (Phi) is 9.38. The van der Waals surface area contributed by atoms with Crippen molar-refractivity contribution in [2.24, 2.45) is 23.7 Å². The van der Waals surface area contributed by atoms with Gasteiger partial charge in [-0.2, -0.15) is 0 Å². The van der Waals surface area contributed by atoms with Crippen molar-refractivity contribution in [3.8, 4) is 0 Å². The van der Waals surface area contributed by atoms with Gasteiger partial charge in [-0.25, -0.2) is 4.79 Å². The summed E-state index contributed by atoms with van der Waals surface area (Å²) in [7, 11) is 1.01. The van der Waals surface area contributed by atoms with E-state index in [-0.39, 0.29) is 17.0 Å². The SMILES string of the molecule is COC(=O)C1[C@@H](C(=O)O)C(C(=O)NC(C)C(Cc2ccc(Cl)c(Cl)c2)OC(=O)c2ccc3ccccc3c2)[C@@H]1C(=O)O. The number of methoxy groups -OCH3 is 1. The van der Waals surface area contributed by atoms with Crippen LogP contribution in [0, 0.1) is 23.7 Å². The molecule has 1 fully saturated rings. The van der Waals surface area contributed by atoms with Crippen LogP contribution in [0.2, 0.25) is 10.0 Å². The number of carbonyl (C=O) groups is 5. The second-order valence-corrected chi connectivity index (χ2v) is 10.9. The van der Waals surface area contributed by atoms with Crippen LogP contribution in [-0.2, 0) is 35.1 Å². The summed E-state index contributed by atoms with van der Waals surface area (Å²) in [5.41, 5.74) is 0.895. The highest BCUT2D eigenvalue weighted by Gasteiger charge is 2.64. The van der Waals surface area contributed by atoms with E-state index in [0.717, 1.165) is 17.9 Å². The number of amides is 1. The Morgan fingerprint density at radius 1 is 0.833 bits per heavy atom. The lowest BCUT2D eigenvalue weighted by atomic mass is 9.56. The fourth-order valence-corrected chi connectivity index (χ4v) is 5.59. The molecule has 0 spiro atoms. The molecule has 0 heterocycles. The molecule has 220 valence electrons. The molecule has 3 N–H and O–H groups in total. The molecule has 0 saturated heterocycles. The molecule has 1 aliphatic carbocycles. The van der Waals surface area contributed by atoms with Crippen molar-refractivity contribution < 1.29 is 43.7 Å². The van der Waals surface area contributed by atoms with Crippen LogP contribution in [0.25, 0.3) is 10.8 Å². The first kappa shape index (κ1) is 30.8. The quantitative estimate of drug-likeness (QED) is 0.284. The lowest BCUT2D eigenvalue weighted by Gasteiger charge is -2.45. The fourth-order valence-electron chi connectivity index (χ4n) is 5.27. The smallest absolute Gasteiger partial charge is 0.338 e. The Hall–Kier alpha value is -4.15. The number of carboxylic acid groups (broad SMARTS) is 2. The minimum Gasteiger partial charge on any atom is -0.481 e. The predicted molar refractivity (Wildman–Crippen MR) is 152 cm³/mol. The monoisotopic (exact) mass is 615 g/mol. The Morgan fingerprint density at radius 3 is 2.07 bits per heavy atom. The Balaban J connectivity index is 1.59. The van der Waals surface area contributed by atoms with Gasteiger partial charge in [-0.15, -0.1) is 0 Å². The van der Waals surface area contributed by atoms with Gasteiger partial charge in [0.15, 0.2) is 0 Å². The summed E-state index contributed by atoms with van der Waals surface area (Å²) in [4.78, 5) is 62.6. The van der Waals surface area contributed by atoms with Gasteiger partial charge in [0.25, 0.3) is 0 Å². The second kappa shape index (κ2) is 12.8. The zero-order chi connectivity index (χ0) is 30.7. The Labute approximate surface area is 250 Å². The van der Waals surface area contributed by atoms with Gasteiger partial charge < -0.3 is 25.0 Å². The molecule has 3 aromatic rings. The summed E-state index contributed by atoms with van der Waals surface area (Å²) < 4.78 is 10.4. The summed E-state index contributed by atoms with van der Waals surface area (Å²) in [6, 6.07) is 16.4. The first-order valence-corrected chi connectivity index (χ1v) is 13.7. The molecule has 0 aliphatic heterocycles. The molecule has 0 aromatic heterocycles. The molecule has 42 heavy (non-hydrogen) atoms. The van der Waals surface area contributed by atoms with Crippen LogP contribution in [0.4, 0.5) is 0 Å². The van der Waals surface area contributed by atoms with E-state index in [1.54, 1.807) is 36.4 Å². The van der Waals surface area contributed by atoms with Gasteiger partial charge in [-0.05, 0) is 47.5 Å². The molecule has 4 rings (SSSR count). The predicted octanol–water partition coefficient (Wildman–Crippen LogP) is 4.24. The second-order valence-electron chi connectivity index (χ2n) is 10.1. The molecule has 4 atom stereocenters. The van der Waals surface area contributed by atoms with Crippen LogP contribution in [0.15, 0.2) is 60.7 Å². The standard InChI is InChI=1S/C30H27Cl2NO9/c1-14(33-26(34)22-23(27(35)36)25(30(40)41-2)24(22)28(37)38)21(12-15-7-10-19(31)20(32)11-15)42-29(39)18-9-8-16-5-3-4-6-17(16)13-18/h3-11,13-14,21-25H,12H2,1-2H3,(H,33,34)(H,35,36)(H,37,38)/t14?,21?,22?,23-,24-,25?/m0/s1. The number of carbonyl (C=O) groups excluding carboxylic acids is 3. The Bertz CT molecular complexity index is 1540. The largest absolute Gasteiger partial charge is 0.481 e. The third kappa shape index (κ3) is 6.34. The highest BCUT2D eigenvalue weighted by atomic mass is 35.5. The average molecular weight is 616 g/mol. The molecule has 1 aliphatic rings. The maximum absolute atomic E-state index is 13.3. The minimum atomic E-state index is -1.61. The minimum absolute atomic E-state index is 0.0812. The molecule has 1 saturated carbocycles. The number of benzene rings is 3. The van der Waals surface area contributed by atoms with Crippen molar-refractivity contribution in [1.29, 1.82) is 0 Å². The lowest BCUT2D eigenvalue weighted by Crippen LogP contribution is -2.63. The number of hydrogen-bond acceptors (Lipinski definition) is 7. The fraction of sp³-hybridized carbons (Fsp3) is 0.300. The van der Waals surface area contributed by atoms with Gasteiger partial charge in [-0.3, -0.25) is 19.2 Å². The summed E-state index contributed by atoms with van der Waals surface area (Å²) in [5, 5.41) is 24.3. The third-order valence-electron chi connectivity index (χ3n) is 7.49. The molecule has 12 heteroatoms. The molecule has 2 unspecified atom stereocenters. The summed E-state index contributed by atoms with van der Waals surface area (Å²) in [6.07, 6.45) is -0.911. The number of nitrogens with one attached hydrogen (secondary N) is 1. The van der Waals surface area contributed by atoms with E-state index in [2.05, 4.69) is 10.1 Å². The normalized spacial score (nSPS) is 21.0. The summed E-state index contributed by atoms with van der Waals surface area (Å²) in [6.45, 7) is 1.54. The zero-order valence-corrected chi connectivity index (χ0v) is 24.0. The van der Waals surface area contributed by atoms with E-state index in [0.29, 0.717) is 10.6 Å². The van der Waals surface area contributed by atoms with Crippen LogP contribution in [0.5, 0.6) is 0 Å². The molecule has 1 amide bonds. The molecular formula is C30H27Cl2NO9. The van der Waals surface area contributed by atoms with E-state index in [1.165, 1.54) is 6.92 Å². The molecular weight excluding hydrogens is 589 g/mol. The summed E-state index contributed by atoms with van der Waals surface area (Å²) in [5.74, 6) is -12.0. The van der Waals surface area contributed by atoms with Gasteiger partial charge in [0.05, 0.1) is 52.4 Å². The average Bonchev–Trinajstić information content (AvgIpc) is 2.93. The van der Waals surface area contributed by atoms with Crippen LogP contribution in [0.3, 0.4) is 0 Å². The first-order chi connectivity index (χ1) is 19.9. The van der Waals surface area contributed by atoms with Gasteiger partial charge >= 0.3 is 23.9 Å². The van der Waals surface area contributed by atoms with Gasteiger partial charge in [-0.1, -0.05) is 59.6 Å². The van der Waals surface area contributed by atoms with Gasteiger partial charge in [0, 0.05) is 6.42 Å². The highest BCUT2D eigenvalue weighted by molar-refractivity contribution is 6.42. The van der Waals surface area contributed by atoms with Gasteiger partial charge in [0.1, 0.15) is 6.10 Å². The van der Waals surface area contributed by atoms with Crippen LogP contribution < -0.4 is 5.32 Å². The zero-order valence-electron chi connectivity index (χ0n) is 22.5. The molecule has 0 radical (unpaired) electrons. The van der Waals surface area contributed by atoms with Crippen LogP contribution >= 0.6 is 23.2 Å². The topological polar surface area (TPSA) is 156 Å². The maximum Gasteiger partial charge on any atom is 0.338 e. The number of halogens is 2. The van der Waals surface area contributed by atoms with Crippen molar-refractivity contribution >= 4 is 63.8 Å². The number of fused-ring (bicyclic) bond motifs is 1. The number of aliphatic carboxylic acids is 2. The number of ether oxygens (including phenoxy) is 2. The van der Waals surface area contributed by atoms with Crippen molar-refractivity contribution in [3.05, 3.63) is 81.8 Å². The van der Waals surface area contributed by atoms with E-state index in [9.17, 15) is 34.2 Å². The van der Waals surface area contributed by atoms with Crippen LogP contribution in [0.1, 0.15) is 22.8 Å². The van der Waals surface area contributed by atoms with E-state index in [1.807, 2.05) is 24.3 Å². The molecule has 0 bridgehead atoms. The number of rotatable bonds is 10. The van der Waals surface area contributed by atoms with Crippen molar-refractivity contribution in [2.45, 2.75) is 25.5 Å². The van der Waals surface area contributed by atoms with Crippen molar-refractivity contribution in [3.63, 3.8) is 0 Å². The van der Waals surface area contributed by atoms with Crippen LogP contribution in [-0.4, -0.2) is 59.3 Å². The number of hydrogen-bond donors (Lipinski definition) is 3. The first-order valence-electron chi connectivity index (χ1n) is 12.9. The summed E-state index contributed by atoms with van der Waals surface area (Å²) >= 11 is 12.2.